The van der Waals surface area contributed by atoms with Crippen LogP contribution in [0.1, 0.15) is 61.0 Å². The van der Waals surface area contributed by atoms with Gasteiger partial charge in [0.25, 0.3) is 0 Å². The summed E-state index contributed by atoms with van der Waals surface area (Å²) in [6, 6.07) is 8.64. The largest absolute Gasteiger partial charge is 0.366 e. The molecule has 3 N–H and O–H groups in total. The van der Waals surface area contributed by atoms with Crippen LogP contribution in [0.3, 0.4) is 0 Å². The SMILES string of the molecule is NC(=O)c1cccc(-c2cn[nH]c2)c1-c1nc(CCCCCCN2CCCCC2)cn1-c1ccc(F)cc1F. The predicted molar refractivity (Wildman–Crippen MR) is 147 cm³/mol. The number of nitrogens with two attached hydrogens (primary N) is 1. The zero-order valence-corrected chi connectivity index (χ0v) is 22.0. The van der Waals surface area contributed by atoms with Gasteiger partial charge in [0, 0.05) is 29.6 Å². The summed E-state index contributed by atoms with van der Waals surface area (Å²) in [6.07, 6.45) is 14.1. The Kier molecular flexibility index (Phi) is 8.46. The van der Waals surface area contributed by atoms with Crippen molar-refractivity contribution in [2.45, 2.75) is 51.4 Å². The second kappa shape index (κ2) is 12.3. The number of carbonyl (C=O) groups is 1. The number of halogens is 2. The second-order valence-electron chi connectivity index (χ2n) is 10.2. The minimum Gasteiger partial charge on any atom is -0.366 e. The minimum absolute atomic E-state index is 0.143. The zero-order chi connectivity index (χ0) is 27.2. The van der Waals surface area contributed by atoms with Crippen LogP contribution < -0.4 is 5.73 Å². The van der Waals surface area contributed by atoms with Gasteiger partial charge in [-0.05, 0) is 75.5 Å². The van der Waals surface area contributed by atoms with Gasteiger partial charge in [-0.15, -0.1) is 0 Å². The number of hydrogen-bond acceptors (Lipinski definition) is 4. The summed E-state index contributed by atoms with van der Waals surface area (Å²) in [5, 5.41) is 6.83. The van der Waals surface area contributed by atoms with Crippen LogP contribution in [-0.4, -0.2) is 50.2 Å². The van der Waals surface area contributed by atoms with Crippen molar-refractivity contribution in [2.24, 2.45) is 5.73 Å². The number of unbranched alkanes of at least 4 members (excludes halogenated alkanes) is 3. The molecule has 1 saturated heterocycles. The average Bonchev–Trinajstić information content (AvgIpc) is 3.61. The van der Waals surface area contributed by atoms with Crippen molar-refractivity contribution in [2.75, 3.05) is 19.6 Å². The van der Waals surface area contributed by atoms with E-state index in [2.05, 4.69) is 15.1 Å². The summed E-state index contributed by atoms with van der Waals surface area (Å²) in [4.78, 5) is 19.9. The highest BCUT2D eigenvalue weighted by Gasteiger charge is 2.23. The third-order valence-electron chi connectivity index (χ3n) is 7.39. The van der Waals surface area contributed by atoms with Crippen LogP contribution in [0, 0.1) is 11.6 Å². The van der Waals surface area contributed by atoms with Crippen LogP contribution >= 0.6 is 0 Å². The number of aromatic amines is 1. The highest BCUT2D eigenvalue weighted by atomic mass is 19.1. The molecule has 204 valence electrons. The van der Waals surface area contributed by atoms with Gasteiger partial charge < -0.3 is 10.6 Å². The lowest BCUT2D eigenvalue weighted by molar-refractivity contribution is 0.100. The number of likely N-dealkylation sites (tertiary alicyclic amines) is 1. The average molecular weight is 533 g/mol. The quantitative estimate of drug-likeness (QED) is 0.235. The van der Waals surface area contributed by atoms with Crippen molar-refractivity contribution >= 4 is 5.91 Å². The Morgan fingerprint density at radius 1 is 1.03 bits per heavy atom. The zero-order valence-electron chi connectivity index (χ0n) is 22.0. The number of benzene rings is 2. The van der Waals surface area contributed by atoms with Crippen LogP contribution in [-0.2, 0) is 6.42 Å². The van der Waals surface area contributed by atoms with Crippen molar-refractivity contribution in [1.29, 1.82) is 0 Å². The van der Waals surface area contributed by atoms with E-state index in [0.29, 0.717) is 23.4 Å². The molecule has 1 amide bonds. The molecule has 9 heteroatoms. The molecule has 7 nitrogen and oxygen atoms in total. The molecule has 2 aromatic heterocycles. The fourth-order valence-electron chi connectivity index (χ4n) is 5.40. The molecule has 0 spiro atoms. The Morgan fingerprint density at radius 3 is 2.59 bits per heavy atom. The molecule has 3 heterocycles. The first-order valence-electron chi connectivity index (χ1n) is 13.7. The number of imidazole rings is 1. The Hall–Kier alpha value is -3.85. The first kappa shape index (κ1) is 26.7. The van der Waals surface area contributed by atoms with Gasteiger partial charge in [-0.1, -0.05) is 31.4 Å². The lowest BCUT2D eigenvalue weighted by Gasteiger charge is -2.26. The molecule has 4 aromatic rings. The number of piperidine rings is 1. The van der Waals surface area contributed by atoms with E-state index in [1.807, 2.05) is 6.07 Å². The Bertz CT molecular complexity index is 1410. The Labute approximate surface area is 227 Å². The molecule has 1 aliphatic heterocycles. The number of nitrogens with one attached hydrogen (secondary N) is 1. The van der Waals surface area contributed by atoms with Crippen LogP contribution in [0.25, 0.3) is 28.2 Å². The molecule has 0 saturated carbocycles. The van der Waals surface area contributed by atoms with Gasteiger partial charge in [0.2, 0.25) is 5.91 Å². The molecule has 0 radical (unpaired) electrons. The number of amides is 1. The second-order valence-corrected chi connectivity index (χ2v) is 10.2. The summed E-state index contributed by atoms with van der Waals surface area (Å²) < 4.78 is 30.4. The molecular formula is C30H34F2N6O. The van der Waals surface area contributed by atoms with Crippen molar-refractivity contribution in [1.82, 2.24) is 24.6 Å². The van der Waals surface area contributed by atoms with E-state index in [-0.39, 0.29) is 11.3 Å². The third kappa shape index (κ3) is 6.25. The fraction of sp³-hybridized carbons (Fsp3) is 0.367. The minimum atomic E-state index is -0.723. The topological polar surface area (TPSA) is 92.8 Å². The highest BCUT2D eigenvalue weighted by Crippen LogP contribution is 2.36. The van der Waals surface area contributed by atoms with E-state index in [9.17, 15) is 9.18 Å². The number of carbonyl (C=O) groups excluding carboxylic acids is 1. The molecule has 1 fully saturated rings. The maximum atomic E-state index is 15.0. The predicted octanol–water partition coefficient (Wildman–Crippen LogP) is 5.90. The number of rotatable bonds is 11. The van der Waals surface area contributed by atoms with E-state index in [0.717, 1.165) is 43.1 Å². The Morgan fingerprint density at radius 2 is 1.85 bits per heavy atom. The van der Waals surface area contributed by atoms with Crippen LogP contribution in [0.5, 0.6) is 0 Å². The first-order valence-corrected chi connectivity index (χ1v) is 13.7. The van der Waals surface area contributed by atoms with Crippen LogP contribution in [0.15, 0.2) is 55.0 Å². The Balaban J connectivity index is 1.43. The van der Waals surface area contributed by atoms with Crippen molar-refractivity contribution in [3.8, 4) is 28.2 Å². The van der Waals surface area contributed by atoms with E-state index < -0.39 is 17.5 Å². The van der Waals surface area contributed by atoms with E-state index in [1.54, 1.807) is 35.3 Å². The van der Waals surface area contributed by atoms with E-state index in [1.165, 1.54) is 50.9 Å². The van der Waals surface area contributed by atoms with Crippen molar-refractivity contribution < 1.29 is 13.6 Å². The first-order chi connectivity index (χ1) is 19.0. The number of H-pyrrole nitrogens is 1. The van der Waals surface area contributed by atoms with Crippen LogP contribution in [0.4, 0.5) is 8.78 Å². The monoisotopic (exact) mass is 532 g/mol. The maximum Gasteiger partial charge on any atom is 0.249 e. The highest BCUT2D eigenvalue weighted by molar-refractivity contribution is 6.03. The molecule has 0 unspecified atom stereocenters. The summed E-state index contributed by atoms with van der Waals surface area (Å²) in [5.41, 5.74) is 8.83. The number of aromatic nitrogens is 4. The molecule has 39 heavy (non-hydrogen) atoms. The van der Waals surface area contributed by atoms with Crippen molar-refractivity contribution in [3.63, 3.8) is 0 Å². The van der Waals surface area contributed by atoms with Gasteiger partial charge in [-0.25, -0.2) is 13.8 Å². The van der Waals surface area contributed by atoms with Crippen molar-refractivity contribution in [3.05, 3.63) is 77.9 Å². The molecule has 1 aliphatic rings. The standard InChI is InChI=1S/C30H34F2N6O/c31-22-12-13-27(26(32)17-22)38-20-23(9-4-1-2-5-14-37-15-6-3-7-16-37)36-30(38)28-24(21-18-34-35-19-21)10-8-11-25(28)29(33)39/h8,10-13,17-20H,1-7,9,14-16H2,(H2,33,39)(H,34,35). The normalized spacial score (nSPS) is 14.1. The van der Waals surface area contributed by atoms with Gasteiger partial charge in [0.1, 0.15) is 17.5 Å². The molecule has 5 rings (SSSR count). The van der Waals surface area contributed by atoms with Gasteiger partial charge in [-0.2, -0.15) is 5.10 Å². The maximum absolute atomic E-state index is 15.0. The smallest absolute Gasteiger partial charge is 0.249 e. The number of aryl methyl sites for hydroxylation is 1. The lowest BCUT2D eigenvalue weighted by Crippen LogP contribution is -2.30. The number of nitrogens with zero attached hydrogens (tertiary/aromatic N) is 4. The summed E-state index contributed by atoms with van der Waals surface area (Å²) in [5.74, 6) is -1.65. The van der Waals surface area contributed by atoms with Gasteiger partial charge in [0.15, 0.2) is 0 Å². The van der Waals surface area contributed by atoms with Gasteiger partial charge >= 0.3 is 0 Å². The third-order valence-corrected chi connectivity index (χ3v) is 7.39. The summed E-state index contributed by atoms with van der Waals surface area (Å²) in [6.45, 7) is 3.59. The molecule has 0 aliphatic carbocycles. The van der Waals surface area contributed by atoms with Gasteiger partial charge in [-0.3, -0.25) is 14.5 Å². The summed E-state index contributed by atoms with van der Waals surface area (Å²) >= 11 is 0. The van der Waals surface area contributed by atoms with Gasteiger partial charge in [0.05, 0.1) is 23.1 Å². The molecule has 0 atom stereocenters. The molecule has 0 bridgehead atoms. The van der Waals surface area contributed by atoms with E-state index in [4.69, 9.17) is 10.7 Å². The lowest BCUT2D eigenvalue weighted by atomic mass is 9.96. The molecular weight excluding hydrogens is 498 g/mol. The number of primary amides is 1. The fourth-order valence-corrected chi connectivity index (χ4v) is 5.40. The number of hydrogen-bond donors (Lipinski definition) is 2. The summed E-state index contributed by atoms with van der Waals surface area (Å²) in [7, 11) is 0. The van der Waals surface area contributed by atoms with E-state index >= 15 is 4.39 Å². The molecule has 2 aromatic carbocycles. The van der Waals surface area contributed by atoms with Crippen LogP contribution in [0.2, 0.25) is 0 Å².